The monoisotopic (exact) mass is 673 g/mol. The number of ether oxygens (including phenoxy) is 7. The number of aliphatic hydroxyl groups is 2. The largest absolute Gasteiger partial charge is 0.462 e. The molecule has 1 aromatic carbocycles. The number of fused-ring (bicyclic) bond motifs is 2. The van der Waals surface area contributed by atoms with Crippen molar-refractivity contribution in [2.24, 2.45) is 34.5 Å². The molecule has 2 N–H and O–H groups in total. The number of carbonyl (C=O) groups is 2. The van der Waals surface area contributed by atoms with Crippen LogP contribution in [-0.4, -0.2) is 136 Å². The van der Waals surface area contributed by atoms with Crippen molar-refractivity contribution in [3.05, 3.63) is 35.9 Å². The first-order chi connectivity index (χ1) is 23.0. The Morgan fingerprint density at radius 1 is 0.958 bits per heavy atom. The number of nitrogens with zero attached hydrogens (tertiary/aromatic N) is 1. The molecule has 5 saturated carbocycles. The van der Waals surface area contributed by atoms with Crippen molar-refractivity contribution in [2.75, 3.05) is 54.7 Å². The summed E-state index contributed by atoms with van der Waals surface area (Å²) in [6.07, 6.45) is -4.37. The van der Waals surface area contributed by atoms with Gasteiger partial charge in [0.15, 0.2) is 0 Å². The van der Waals surface area contributed by atoms with Gasteiger partial charge in [0, 0.05) is 89.6 Å². The van der Waals surface area contributed by atoms with E-state index in [9.17, 15) is 19.8 Å². The van der Waals surface area contributed by atoms with Gasteiger partial charge in [0.25, 0.3) is 0 Å². The molecule has 8 unspecified atom stereocenters. The normalized spacial score (nSPS) is 48.3. The Labute approximate surface area is 282 Å². The zero-order valence-electron chi connectivity index (χ0n) is 29.0. The van der Waals surface area contributed by atoms with E-state index >= 15 is 0 Å². The number of hydrogen-bond donors (Lipinski definition) is 2. The second kappa shape index (κ2) is 12.0. The van der Waals surface area contributed by atoms with Crippen LogP contribution in [0.1, 0.15) is 44.0 Å². The number of carbonyl (C=O) groups excluding carboxylic acids is 2. The molecule has 5 aliphatic carbocycles. The average Bonchev–Trinajstić information content (AvgIpc) is 3.44. The molecule has 0 aromatic heterocycles. The van der Waals surface area contributed by atoms with Crippen molar-refractivity contribution >= 4 is 11.9 Å². The summed E-state index contributed by atoms with van der Waals surface area (Å²) in [6.45, 7) is 7.20. The van der Waals surface area contributed by atoms with Gasteiger partial charge in [-0.05, 0) is 37.9 Å². The maximum atomic E-state index is 13.8. The second-order valence-electron chi connectivity index (χ2n) is 14.8. The van der Waals surface area contributed by atoms with Crippen molar-refractivity contribution in [1.82, 2.24) is 4.90 Å². The summed E-state index contributed by atoms with van der Waals surface area (Å²) in [5.74, 6) is -2.72. The van der Waals surface area contributed by atoms with Crippen LogP contribution in [0.2, 0.25) is 0 Å². The summed E-state index contributed by atoms with van der Waals surface area (Å²) in [5.41, 5.74) is -4.14. The fourth-order valence-electron chi connectivity index (χ4n) is 12.7. The number of piperidine rings is 1. The lowest BCUT2D eigenvalue weighted by molar-refractivity contribution is -0.330. The molecule has 6 fully saturated rings. The van der Waals surface area contributed by atoms with Gasteiger partial charge >= 0.3 is 11.9 Å². The van der Waals surface area contributed by atoms with Crippen molar-refractivity contribution in [3.8, 4) is 0 Å². The first-order valence-electron chi connectivity index (χ1n) is 17.3. The van der Waals surface area contributed by atoms with Crippen molar-refractivity contribution in [3.63, 3.8) is 0 Å². The molecular weight excluding hydrogens is 622 g/mol. The smallest absolute Gasteiger partial charge is 0.338 e. The summed E-state index contributed by atoms with van der Waals surface area (Å²) < 4.78 is 44.7. The Morgan fingerprint density at radius 2 is 1.69 bits per heavy atom. The number of hydrogen-bond acceptors (Lipinski definition) is 12. The second-order valence-corrected chi connectivity index (χ2v) is 14.8. The molecule has 1 saturated heterocycles. The van der Waals surface area contributed by atoms with E-state index in [4.69, 9.17) is 33.2 Å². The van der Waals surface area contributed by atoms with E-state index in [-0.39, 0.29) is 36.9 Å². The fourth-order valence-corrected chi connectivity index (χ4v) is 12.7. The van der Waals surface area contributed by atoms with Crippen LogP contribution in [0.3, 0.4) is 0 Å². The van der Waals surface area contributed by atoms with E-state index < -0.39 is 76.5 Å². The van der Waals surface area contributed by atoms with E-state index in [2.05, 4.69) is 11.8 Å². The Balaban J connectivity index is 1.51. The molecule has 1 spiro atoms. The summed E-state index contributed by atoms with van der Waals surface area (Å²) in [4.78, 5) is 28.9. The minimum Gasteiger partial charge on any atom is -0.462 e. The van der Waals surface area contributed by atoms with Gasteiger partial charge in [0.2, 0.25) is 0 Å². The fraction of sp³-hybridized carbons (Fsp3) is 0.778. The molecule has 266 valence electrons. The SMILES string of the molecule is CCO[C@@]12C3C(OC)C4C5(C(OC)C[C@@H](OC(C)=O)[C@@]4(COC)CN(CC)C35)[C@@H]3C[C@@](O)(C(OC(=O)c4ccccc4)C31)[C@@H](OC)[C@@H]2O. The lowest BCUT2D eigenvalue weighted by Gasteiger charge is -2.70. The highest BCUT2D eigenvalue weighted by Gasteiger charge is 2.91. The lowest BCUT2D eigenvalue weighted by Crippen LogP contribution is -2.81. The molecule has 1 aromatic rings. The predicted octanol–water partition coefficient (Wildman–Crippen LogP) is 1.69. The van der Waals surface area contributed by atoms with Crippen LogP contribution >= 0.6 is 0 Å². The van der Waals surface area contributed by atoms with Crippen molar-refractivity contribution in [1.29, 1.82) is 0 Å². The number of rotatable bonds is 11. The third-order valence-corrected chi connectivity index (χ3v) is 13.5. The summed E-state index contributed by atoms with van der Waals surface area (Å²) in [7, 11) is 6.51. The third-order valence-electron chi connectivity index (χ3n) is 13.5. The topological polar surface area (TPSA) is 142 Å². The van der Waals surface area contributed by atoms with E-state index in [1.807, 2.05) is 13.0 Å². The van der Waals surface area contributed by atoms with Crippen LogP contribution in [0.4, 0.5) is 0 Å². The Hall–Kier alpha value is -2.16. The molecule has 7 bridgehead atoms. The van der Waals surface area contributed by atoms with E-state index in [1.54, 1.807) is 45.6 Å². The van der Waals surface area contributed by atoms with Gasteiger partial charge in [-0.25, -0.2) is 4.79 Å². The van der Waals surface area contributed by atoms with Crippen LogP contribution in [-0.2, 0) is 38.0 Å². The molecule has 7 rings (SSSR count). The van der Waals surface area contributed by atoms with E-state index in [0.717, 1.165) is 0 Å². The number of esters is 2. The third kappa shape index (κ3) is 4.00. The maximum absolute atomic E-state index is 13.8. The molecule has 15 atom stereocenters. The quantitative estimate of drug-likeness (QED) is 0.330. The van der Waals surface area contributed by atoms with Gasteiger partial charge in [-0.15, -0.1) is 0 Å². The number of methoxy groups -OCH3 is 4. The van der Waals surface area contributed by atoms with Crippen molar-refractivity contribution in [2.45, 2.75) is 87.5 Å². The standard InChI is InChI=1S/C36H51NO11/c1-8-37-17-33(18-42-4)22(47-19(3)38)15-23(43-5)35-21-16-34(41)30(48-32(40)20-13-11-10-12-14-20)24(21)36(46-9-2,29(39)31(34)45-7)25(28(35)37)26(44-6)27(33)35/h10-14,21-31,39,41H,8-9,15-18H2,1-7H3/t21-,22-,23?,24?,25?,26?,27?,28?,29+,30?,31+,33+,34-,35?,36-/m1/s1. The molecule has 1 heterocycles. The number of benzene rings is 1. The Morgan fingerprint density at radius 3 is 2.27 bits per heavy atom. The number of likely N-dealkylation sites (tertiary alicyclic amines) is 1. The Kier molecular flexibility index (Phi) is 8.55. The molecule has 12 heteroatoms. The molecule has 48 heavy (non-hydrogen) atoms. The van der Waals surface area contributed by atoms with Gasteiger partial charge < -0.3 is 43.4 Å². The van der Waals surface area contributed by atoms with Crippen molar-refractivity contribution < 1.29 is 53.0 Å². The average molecular weight is 674 g/mol. The van der Waals surface area contributed by atoms with Gasteiger partial charge in [0.05, 0.1) is 24.4 Å². The first-order valence-corrected chi connectivity index (χ1v) is 17.3. The first kappa shape index (κ1) is 34.3. The highest BCUT2D eigenvalue weighted by atomic mass is 16.6. The lowest BCUT2D eigenvalue weighted by atomic mass is 9.42. The van der Waals surface area contributed by atoms with E-state index in [1.165, 1.54) is 14.0 Å². The molecule has 12 nitrogen and oxygen atoms in total. The minimum absolute atomic E-state index is 0.170. The van der Waals surface area contributed by atoms with Gasteiger partial charge in [0.1, 0.15) is 35.6 Å². The zero-order valence-corrected chi connectivity index (χ0v) is 29.0. The molecule has 0 radical (unpaired) electrons. The van der Waals surface area contributed by atoms with E-state index in [0.29, 0.717) is 31.7 Å². The van der Waals surface area contributed by atoms with Gasteiger partial charge in [-0.2, -0.15) is 0 Å². The summed E-state index contributed by atoms with van der Waals surface area (Å²) in [6, 6.07) is 8.51. The van der Waals surface area contributed by atoms with Crippen LogP contribution in [0, 0.1) is 34.5 Å². The molecule has 6 aliphatic rings. The van der Waals surface area contributed by atoms with Gasteiger partial charge in [-0.1, -0.05) is 25.1 Å². The number of aliphatic hydroxyl groups excluding tert-OH is 1. The highest BCUT2D eigenvalue weighted by molar-refractivity contribution is 5.89. The van der Waals surface area contributed by atoms with Crippen LogP contribution < -0.4 is 0 Å². The molecule has 0 amide bonds. The molecule has 1 aliphatic heterocycles. The van der Waals surface area contributed by atoms with Crippen LogP contribution in [0.5, 0.6) is 0 Å². The maximum Gasteiger partial charge on any atom is 0.338 e. The molecular formula is C36H51NO11. The zero-order chi connectivity index (χ0) is 34.4. The summed E-state index contributed by atoms with van der Waals surface area (Å²) in [5, 5.41) is 25.5. The van der Waals surface area contributed by atoms with Crippen LogP contribution in [0.15, 0.2) is 30.3 Å². The van der Waals surface area contributed by atoms with Gasteiger partial charge in [-0.3, -0.25) is 9.69 Å². The van der Waals surface area contributed by atoms with Crippen LogP contribution in [0.25, 0.3) is 0 Å². The Bertz CT molecular complexity index is 1400. The predicted molar refractivity (Wildman–Crippen MR) is 170 cm³/mol. The highest BCUT2D eigenvalue weighted by Crippen LogP contribution is 2.80. The minimum atomic E-state index is -1.74. The summed E-state index contributed by atoms with van der Waals surface area (Å²) >= 11 is 0.